The lowest BCUT2D eigenvalue weighted by Gasteiger charge is -2.14. The third kappa shape index (κ3) is 3.51. The molecule has 5 heteroatoms. The fourth-order valence-corrected chi connectivity index (χ4v) is 2.02. The maximum absolute atomic E-state index is 12.7. The Hall–Kier alpha value is -1.46. The van der Waals surface area contributed by atoms with Crippen molar-refractivity contribution in [1.82, 2.24) is 10.6 Å². The van der Waals surface area contributed by atoms with Crippen molar-refractivity contribution in [2.75, 3.05) is 19.6 Å². The lowest BCUT2D eigenvalue weighted by atomic mass is 10.1. The maximum atomic E-state index is 12.7. The van der Waals surface area contributed by atoms with E-state index in [1.165, 1.54) is 12.1 Å². The fraction of sp³-hybridized carbons (Fsp3) is 0.462. The second-order valence-electron chi connectivity index (χ2n) is 4.59. The van der Waals surface area contributed by atoms with Gasteiger partial charge in [0, 0.05) is 25.6 Å². The predicted octanol–water partition coefficient (Wildman–Crippen LogP) is 0.0647. The average Bonchev–Trinajstić information content (AvgIpc) is 2.75. The van der Waals surface area contributed by atoms with Crippen LogP contribution in [0.3, 0.4) is 0 Å². The van der Waals surface area contributed by atoms with E-state index in [9.17, 15) is 14.3 Å². The highest BCUT2D eigenvalue weighted by molar-refractivity contribution is 5.78. The van der Waals surface area contributed by atoms with Crippen LogP contribution in [0.15, 0.2) is 24.3 Å². The van der Waals surface area contributed by atoms with Gasteiger partial charge in [0.15, 0.2) is 0 Å². The smallest absolute Gasteiger partial charge is 0.224 e. The predicted molar refractivity (Wildman–Crippen MR) is 65.5 cm³/mol. The summed E-state index contributed by atoms with van der Waals surface area (Å²) in [5, 5.41) is 15.4. The molecule has 2 unspecified atom stereocenters. The molecule has 1 saturated heterocycles. The molecular formula is C13H17FN2O2. The van der Waals surface area contributed by atoms with Crippen LogP contribution in [0, 0.1) is 11.7 Å². The lowest BCUT2D eigenvalue weighted by Crippen LogP contribution is -2.35. The van der Waals surface area contributed by atoms with Crippen LogP contribution in [0.5, 0.6) is 0 Å². The zero-order valence-corrected chi connectivity index (χ0v) is 10.0. The van der Waals surface area contributed by atoms with E-state index in [1.54, 1.807) is 12.1 Å². The fourth-order valence-electron chi connectivity index (χ4n) is 2.02. The van der Waals surface area contributed by atoms with Crippen molar-refractivity contribution < 1.29 is 14.3 Å². The zero-order chi connectivity index (χ0) is 13.0. The Morgan fingerprint density at radius 1 is 1.39 bits per heavy atom. The van der Waals surface area contributed by atoms with Crippen LogP contribution in [0.1, 0.15) is 5.56 Å². The minimum Gasteiger partial charge on any atom is -0.391 e. The molecule has 1 aromatic carbocycles. The van der Waals surface area contributed by atoms with Gasteiger partial charge in [-0.1, -0.05) is 12.1 Å². The summed E-state index contributed by atoms with van der Waals surface area (Å²) < 4.78 is 12.7. The number of nitrogens with one attached hydrogen (secondary N) is 2. The van der Waals surface area contributed by atoms with Crippen molar-refractivity contribution in [3.05, 3.63) is 35.6 Å². The quantitative estimate of drug-likeness (QED) is 0.710. The third-order valence-corrected chi connectivity index (χ3v) is 3.14. The second kappa shape index (κ2) is 5.93. The van der Waals surface area contributed by atoms with Crippen LogP contribution >= 0.6 is 0 Å². The molecule has 0 aliphatic carbocycles. The van der Waals surface area contributed by atoms with Gasteiger partial charge in [0.25, 0.3) is 0 Å². The summed E-state index contributed by atoms with van der Waals surface area (Å²) in [6, 6.07) is 5.88. The molecule has 0 spiro atoms. The highest BCUT2D eigenvalue weighted by atomic mass is 19.1. The molecule has 18 heavy (non-hydrogen) atoms. The van der Waals surface area contributed by atoms with Gasteiger partial charge in [0.05, 0.1) is 12.5 Å². The Kier molecular flexibility index (Phi) is 4.28. The number of hydrogen-bond acceptors (Lipinski definition) is 3. The molecule has 1 aliphatic heterocycles. The number of aliphatic hydroxyl groups is 1. The van der Waals surface area contributed by atoms with Crippen LogP contribution in [0.2, 0.25) is 0 Å². The number of carbonyl (C=O) groups is 1. The standard InChI is InChI=1S/C13H17FN2O2/c14-11-3-1-9(2-4-11)5-13(18)16-7-10-6-15-8-12(10)17/h1-4,10,12,15,17H,5-8H2,(H,16,18). The zero-order valence-electron chi connectivity index (χ0n) is 10.0. The van der Waals surface area contributed by atoms with Crippen LogP contribution in [-0.4, -0.2) is 36.8 Å². The Labute approximate surface area is 105 Å². The normalized spacial score (nSPS) is 23.0. The molecule has 2 rings (SSSR count). The number of aliphatic hydroxyl groups excluding tert-OH is 1. The summed E-state index contributed by atoms with van der Waals surface area (Å²) in [6.07, 6.45) is -0.160. The summed E-state index contributed by atoms with van der Waals surface area (Å²) in [5.41, 5.74) is 0.777. The van der Waals surface area contributed by atoms with E-state index in [-0.39, 0.29) is 24.1 Å². The average molecular weight is 252 g/mol. The summed E-state index contributed by atoms with van der Waals surface area (Å²) in [7, 11) is 0. The largest absolute Gasteiger partial charge is 0.391 e. The molecule has 0 saturated carbocycles. The summed E-state index contributed by atoms with van der Waals surface area (Å²) in [4.78, 5) is 11.7. The molecule has 0 bridgehead atoms. The van der Waals surface area contributed by atoms with Gasteiger partial charge in [0.2, 0.25) is 5.91 Å². The van der Waals surface area contributed by atoms with Crippen LogP contribution in [0.4, 0.5) is 4.39 Å². The van der Waals surface area contributed by atoms with Gasteiger partial charge < -0.3 is 15.7 Å². The summed E-state index contributed by atoms with van der Waals surface area (Å²) in [5.74, 6) is -0.345. The van der Waals surface area contributed by atoms with Crippen molar-refractivity contribution in [2.24, 2.45) is 5.92 Å². The molecule has 1 aliphatic rings. The van der Waals surface area contributed by atoms with Crippen molar-refractivity contribution in [3.8, 4) is 0 Å². The van der Waals surface area contributed by atoms with E-state index >= 15 is 0 Å². The number of halogens is 1. The van der Waals surface area contributed by atoms with Crippen LogP contribution in [0.25, 0.3) is 0 Å². The molecule has 2 atom stereocenters. The first-order chi connectivity index (χ1) is 8.65. The monoisotopic (exact) mass is 252 g/mol. The molecular weight excluding hydrogens is 235 g/mol. The van der Waals surface area contributed by atoms with E-state index in [1.807, 2.05) is 0 Å². The molecule has 0 radical (unpaired) electrons. The van der Waals surface area contributed by atoms with Gasteiger partial charge in [-0.2, -0.15) is 0 Å². The molecule has 1 amide bonds. The topological polar surface area (TPSA) is 61.4 Å². The van der Waals surface area contributed by atoms with Crippen molar-refractivity contribution in [1.29, 1.82) is 0 Å². The number of rotatable bonds is 4. The first-order valence-corrected chi connectivity index (χ1v) is 6.05. The Morgan fingerprint density at radius 2 is 2.11 bits per heavy atom. The molecule has 1 heterocycles. The van der Waals surface area contributed by atoms with Gasteiger partial charge in [-0.25, -0.2) is 4.39 Å². The summed E-state index contributed by atoms with van der Waals surface area (Å²) in [6.45, 7) is 1.77. The minimum atomic E-state index is -0.392. The van der Waals surface area contributed by atoms with E-state index in [4.69, 9.17) is 0 Å². The molecule has 0 aromatic heterocycles. The highest BCUT2D eigenvalue weighted by Gasteiger charge is 2.24. The molecule has 1 aromatic rings. The van der Waals surface area contributed by atoms with E-state index in [0.717, 1.165) is 12.1 Å². The minimum absolute atomic E-state index is 0.0715. The number of carbonyl (C=O) groups excluding carboxylic acids is 1. The Balaban J connectivity index is 1.76. The first-order valence-electron chi connectivity index (χ1n) is 6.05. The number of amides is 1. The van der Waals surface area contributed by atoms with E-state index in [0.29, 0.717) is 13.1 Å². The van der Waals surface area contributed by atoms with Gasteiger partial charge >= 0.3 is 0 Å². The van der Waals surface area contributed by atoms with Gasteiger partial charge in [-0.05, 0) is 17.7 Å². The second-order valence-corrected chi connectivity index (χ2v) is 4.59. The van der Waals surface area contributed by atoms with Crippen molar-refractivity contribution >= 4 is 5.91 Å². The van der Waals surface area contributed by atoms with Crippen LogP contribution in [-0.2, 0) is 11.2 Å². The van der Waals surface area contributed by atoms with E-state index < -0.39 is 6.10 Å². The highest BCUT2D eigenvalue weighted by Crippen LogP contribution is 2.07. The SMILES string of the molecule is O=C(Cc1ccc(F)cc1)NCC1CNCC1O. The van der Waals surface area contributed by atoms with Gasteiger partial charge in [0.1, 0.15) is 5.82 Å². The number of benzene rings is 1. The van der Waals surface area contributed by atoms with E-state index in [2.05, 4.69) is 10.6 Å². The molecule has 98 valence electrons. The third-order valence-electron chi connectivity index (χ3n) is 3.14. The van der Waals surface area contributed by atoms with Crippen LogP contribution < -0.4 is 10.6 Å². The lowest BCUT2D eigenvalue weighted by molar-refractivity contribution is -0.120. The maximum Gasteiger partial charge on any atom is 0.224 e. The molecule has 1 fully saturated rings. The summed E-state index contributed by atoms with van der Waals surface area (Å²) >= 11 is 0. The van der Waals surface area contributed by atoms with Crippen molar-refractivity contribution in [2.45, 2.75) is 12.5 Å². The molecule has 3 N–H and O–H groups in total. The molecule has 4 nitrogen and oxygen atoms in total. The van der Waals surface area contributed by atoms with Gasteiger partial charge in [-0.15, -0.1) is 0 Å². The van der Waals surface area contributed by atoms with Gasteiger partial charge in [-0.3, -0.25) is 4.79 Å². The van der Waals surface area contributed by atoms with Crippen molar-refractivity contribution in [3.63, 3.8) is 0 Å². The first kappa shape index (κ1) is 13.0. The number of β-amino-alcohol motifs (C(OH)–C–C–N with tert-alkyl or cyclic N) is 1. The Morgan fingerprint density at radius 3 is 2.72 bits per heavy atom. The number of hydrogen-bond donors (Lipinski definition) is 3. The Bertz CT molecular complexity index is 408.